The predicted molar refractivity (Wildman–Crippen MR) is 74.2 cm³/mol. The number of rotatable bonds is 6. The van der Waals surface area contributed by atoms with Crippen LogP contribution in [-0.2, 0) is 11.3 Å². The van der Waals surface area contributed by atoms with E-state index in [0.29, 0.717) is 6.54 Å². The van der Waals surface area contributed by atoms with Crippen LogP contribution in [0.1, 0.15) is 19.4 Å². The van der Waals surface area contributed by atoms with Crippen molar-refractivity contribution in [3.05, 3.63) is 35.9 Å². The Kier molecular flexibility index (Phi) is 5.52. The van der Waals surface area contributed by atoms with Crippen LogP contribution in [0.5, 0.6) is 0 Å². The lowest BCUT2D eigenvalue weighted by Crippen LogP contribution is -2.54. The van der Waals surface area contributed by atoms with Crippen molar-refractivity contribution < 1.29 is 19.8 Å². The Bertz CT molecular complexity index is 460. The highest BCUT2D eigenvalue weighted by Gasteiger charge is 2.30. The molecule has 20 heavy (non-hydrogen) atoms. The second kappa shape index (κ2) is 6.91. The first-order chi connectivity index (χ1) is 9.36. The number of aliphatic carboxylic acids is 1. The minimum Gasteiger partial charge on any atom is -0.480 e. The van der Waals surface area contributed by atoms with Crippen LogP contribution in [0.25, 0.3) is 0 Å². The average Bonchev–Trinajstić information content (AvgIpc) is 2.38. The number of aliphatic hydroxyl groups excluding tert-OH is 1. The zero-order valence-electron chi connectivity index (χ0n) is 11.7. The summed E-state index contributed by atoms with van der Waals surface area (Å²) in [6.07, 6.45) is 0. The van der Waals surface area contributed by atoms with Crippen molar-refractivity contribution in [2.75, 3.05) is 13.2 Å². The van der Waals surface area contributed by atoms with E-state index < -0.39 is 17.5 Å². The fourth-order valence-electron chi connectivity index (χ4n) is 1.58. The lowest BCUT2D eigenvalue weighted by atomic mass is 10.1. The largest absolute Gasteiger partial charge is 0.480 e. The third-order valence-corrected chi connectivity index (χ3v) is 2.83. The van der Waals surface area contributed by atoms with Gasteiger partial charge in [-0.1, -0.05) is 30.3 Å². The minimum absolute atomic E-state index is 0.135. The lowest BCUT2D eigenvalue weighted by Gasteiger charge is -2.28. The second-order valence-electron chi connectivity index (χ2n) is 4.99. The molecule has 0 atom stereocenters. The highest BCUT2D eigenvalue weighted by molar-refractivity contribution is 5.85. The average molecular weight is 280 g/mol. The van der Waals surface area contributed by atoms with Crippen molar-refractivity contribution >= 4 is 12.0 Å². The molecule has 2 amide bonds. The van der Waals surface area contributed by atoms with Gasteiger partial charge in [-0.2, -0.15) is 0 Å². The van der Waals surface area contributed by atoms with Crippen LogP contribution in [-0.4, -0.2) is 45.8 Å². The summed E-state index contributed by atoms with van der Waals surface area (Å²) in [5.41, 5.74) is -0.453. The molecule has 0 unspecified atom stereocenters. The smallest absolute Gasteiger partial charge is 0.328 e. The molecule has 0 bridgehead atoms. The molecule has 0 aliphatic heterocycles. The summed E-state index contributed by atoms with van der Waals surface area (Å²) >= 11 is 0. The van der Waals surface area contributed by atoms with Gasteiger partial charge in [0.25, 0.3) is 0 Å². The Morgan fingerprint density at radius 1 is 1.25 bits per heavy atom. The summed E-state index contributed by atoms with van der Waals surface area (Å²) in [6.45, 7) is 3.08. The molecule has 3 N–H and O–H groups in total. The summed E-state index contributed by atoms with van der Waals surface area (Å²) < 4.78 is 0. The number of amides is 2. The van der Waals surface area contributed by atoms with Gasteiger partial charge in [0.1, 0.15) is 5.54 Å². The van der Waals surface area contributed by atoms with E-state index in [1.807, 2.05) is 30.3 Å². The molecule has 0 aliphatic carbocycles. The zero-order chi connectivity index (χ0) is 15.2. The van der Waals surface area contributed by atoms with Crippen LogP contribution in [0, 0.1) is 0 Å². The van der Waals surface area contributed by atoms with Crippen molar-refractivity contribution in [3.8, 4) is 0 Å². The van der Waals surface area contributed by atoms with Gasteiger partial charge in [-0.05, 0) is 19.4 Å². The maximum atomic E-state index is 12.1. The van der Waals surface area contributed by atoms with E-state index in [1.54, 1.807) is 0 Å². The maximum absolute atomic E-state index is 12.1. The predicted octanol–water partition coefficient (Wildman–Crippen LogP) is 1.05. The van der Waals surface area contributed by atoms with E-state index in [2.05, 4.69) is 5.32 Å². The van der Waals surface area contributed by atoms with E-state index in [9.17, 15) is 9.59 Å². The standard InChI is InChI=1S/C14H20N2O4/c1-14(2,12(18)19)15-13(20)16(8-9-17)10-11-6-4-3-5-7-11/h3-7,17H,8-10H2,1-2H3,(H,15,20)(H,18,19). The van der Waals surface area contributed by atoms with Crippen LogP contribution < -0.4 is 5.32 Å². The molecular weight excluding hydrogens is 260 g/mol. The normalized spacial score (nSPS) is 10.9. The Morgan fingerprint density at radius 3 is 2.35 bits per heavy atom. The number of hydrogen-bond acceptors (Lipinski definition) is 3. The highest BCUT2D eigenvalue weighted by atomic mass is 16.4. The molecule has 0 saturated carbocycles. The highest BCUT2D eigenvalue weighted by Crippen LogP contribution is 2.08. The number of aliphatic hydroxyl groups is 1. The van der Waals surface area contributed by atoms with E-state index in [4.69, 9.17) is 10.2 Å². The quantitative estimate of drug-likeness (QED) is 0.726. The van der Waals surface area contributed by atoms with Gasteiger partial charge in [-0.15, -0.1) is 0 Å². The Morgan fingerprint density at radius 2 is 1.85 bits per heavy atom. The number of nitrogens with one attached hydrogen (secondary N) is 1. The summed E-state index contributed by atoms with van der Waals surface area (Å²) in [7, 11) is 0. The lowest BCUT2D eigenvalue weighted by molar-refractivity contribution is -0.143. The fourth-order valence-corrected chi connectivity index (χ4v) is 1.58. The van der Waals surface area contributed by atoms with E-state index in [-0.39, 0.29) is 13.2 Å². The van der Waals surface area contributed by atoms with Crippen molar-refractivity contribution in [2.24, 2.45) is 0 Å². The first-order valence-electron chi connectivity index (χ1n) is 6.32. The number of nitrogens with zero attached hydrogens (tertiary/aromatic N) is 1. The Labute approximate surface area is 118 Å². The van der Waals surface area contributed by atoms with Crippen LogP contribution in [0.15, 0.2) is 30.3 Å². The van der Waals surface area contributed by atoms with Gasteiger partial charge in [0.2, 0.25) is 0 Å². The Hall–Kier alpha value is -2.08. The molecule has 0 spiro atoms. The third-order valence-electron chi connectivity index (χ3n) is 2.83. The van der Waals surface area contributed by atoms with Crippen LogP contribution in [0.3, 0.4) is 0 Å². The molecule has 1 rings (SSSR count). The molecule has 1 aromatic rings. The van der Waals surface area contributed by atoms with Crippen LogP contribution >= 0.6 is 0 Å². The molecule has 0 heterocycles. The van der Waals surface area contributed by atoms with Gasteiger partial charge in [-0.25, -0.2) is 9.59 Å². The van der Waals surface area contributed by atoms with Gasteiger partial charge in [0, 0.05) is 13.1 Å². The molecule has 0 aromatic heterocycles. The van der Waals surface area contributed by atoms with Crippen molar-refractivity contribution in [1.29, 1.82) is 0 Å². The fraction of sp³-hybridized carbons (Fsp3) is 0.429. The monoisotopic (exact) mass is 280 g/mol. The molecule has 6 heteroatoms. The molecular formula is C14H20N2O4. The van der Waals surface area contributed by atoms with E-state index in [1.165, 1.54) is 18.7 Å². The molecule has 6 nitrogen and oxygen atoms in total. The van der Waals surface area contributed by atoms with Gasteiger partial charge in [0.05, 0.1) is 6.61 Å². The van der Waals surface area contributed by atoms with Crippen molar-refractivity contribution in [1.82, 2.24) is 10.2 Å². The number of carboxylic acids is 1. The summed E-state index contributed by atoms with van der Waals surface area (Å²) in [5.74, 6) is -1.12. The first-order valence-corrected chi connectivity index (χ1v) is 6.32. The topological polar surface area (TPSA) is 89.9 Å². The molecule has 110 valence electrons. The number of carbonyl (C=O) groups excluding carboxylic acids is 1. The second-order valence-corrected chi connectivity index (χ2v) is 4.99. The number of benzene rings is 1. The van der Waals surface area contributed by atoms with E-state index >= 15 is 0 Å². The Balaban J connectivity index is 2.75. The van der Waals surface area contributed by atoms with Crippen molar-refractivity contribution in [3.63, 3.8) is 0 Å². The number of carbonyl (C=O) groups is 2. The molecule has 0 aliphatic rings. The van der Waals surface area contributed by atoms with E-state index in [0.717, 1.165) is 5.56 Å². The van der Waals surface area contributed by atoms with Gasteiger partial charge >= 0.3 is 12.0 Å². The zero-order valence-corrected chi connectivity index (χ0v) is 11.7. The SMILES string of the molecule is CC(C)(NC(=O)N(CCO)Cc1ccccc1)C(=O)O. The summed E-state index contributed by atoms with van der Waals surface area (Å²) in [6, 6.07) is 8.78. The number of carboxylic acid groups (broad SMARTS) is 1. The van der Waals surface area contributed by atoms with Gasteiger partial charge in [-0.3, -0.25) is 0 Å². The first kappa shape index (κ1) is 16.0. The minimum atomic E-state index is -1.36. The molecule has 1 aromatic carbocycles. The number of urea groups is 1. The maximum Gasteiger partial charge on any atom is 0.328 e. The number of hydrogen-bond donors (Lipinski definition) is 3. The van der Waals surface area contributed by atoms with Crippen molar-refractivity contribution in [2.45, 2.75) is 25.9 Å². The van der Waals surface area contributed by atoms with Crippen LogP contribution in [0.4, 0.5) is 4.79 Å². The molecule has 0 fully saturated rings. The van der Waals surface area contributed by atoms with Crippen LogP contribution in [0.2, 0.25) is 0 Å². The summed E-state index contributed by atoms with van der Waals surface area (Å²) in [5, 5.41) is 20.5. The van der Waals surface area contributed by atoms with Gasteiger partial charge < -0.3 is 20.4 Å². The van der Waals surface area contributed by atoms with Gasteiger partial charge in [0.15, 0.2) is 0 Å². The molecule has 0 radical (unpaired) electrons. The summed E-state index contributed by atoms with van der Waals surface area (Å²) in [4.78, 5) is 24.5. The third kappa shape index (κ3) is 4.55. The molecule has 0 saturated heterocycles.